The fourth-order valence-electron chi connectivity index (χ4n) is 3.64. The zero-order valence-corrected chi connectivity index (χ0v) is 13.1. The van der Waals surface area contributed by atoms with Gasteiger partial charge in [-0.2, -0.15) is 0 Å². The van der Waals surface area contributed by atoms with Gasteiger partial charge in [-0.1, -0.05) is 31.1 Å². The van der Waals surface area contributed by atoms with Crippen molar-refractivity contribution < 1.29 is 14.5 Å². The molecular formula is C16H24N2O3. The number of rotatable bonds is 2. The van der Waals surface area contributed by atoms with Crippen LogP contribution < -0.4 is 0 Å². The molecule has 2 aliphatic carbocycles. The van der Waals surface area contributed by atoms with E-state index in [9.17, 15) is 4.79 Å². The minimum atomic E-state index is -0.925. The summed E-state index contributed by atoms with van der Waals surface area (Å²) in [6.45, 7) is 6.31. The predicted octanol–water partition coefficient (Wildman–Crippen LogP) is 3.43. The van der Waals surface area contributed by atoms with Crippen molar-refractivity contribution in [1.82, 2.24) is 0 Å². The Morgan fingerprint density at radius 3 is 2.71 bits per heavy atom. The molecule has 0 amide bonds. The highest BCUT2D eigenvalue weighted by Crippen LogP contribution is 2.48. The van der Waals surface area contributed by atoms with Crippen LogP contribution in [0.4, 0.5) is 0 Å². The van der Waals surface area contributed by atoms with E-state index in [1.807, 2.05) is 0 Å². The van der Waals surface area contributed by atoms with Crippen LogP contribution in [0.5, 0.6) is 0 Å². The molecule has 1 aliphatic heterocycles. The fraction of sp³-hybridized carbons (Fsp3) is 0.812. The maximum atomic E-state index is 12.6. The molecule has 2 fully saturated rings. The van der Waals surface area contributed by atoms with Crippen LogP contribution in [-0.2, 0) is 14.5 Å². The second kappa shape index (κ2) is 5.11. The lowest BCUT2D eigenvalue weighted by Gasteiger charge is -2.26. The SMILES string of the molecule is CC(C)(C)C1=NOC2(C(=O)ON=C3CCCC3)CCCC12. The topological polar surface area (TPSA) is 60.2 Å². The Morgan fingerprint density at radius 1 is 1.33 bits per heavy atom. The Balaban J connectivity index is 1.75. The zero-order chi connectivity index (χ0) is 15.1. The molecule has 2 saturated carbocycles. The Morgan fingerprint density at radius 2 is 2.05 bits per heavy atom. The van der Waals surface area contributed by atoms with E-state index < -0.39 is 5.60 Å². The van der Waals surface area contributed by atoms with Gasteiger partial charge in [0.1, 0.15) is 0 Å². The van der Waals surface area contributed by atoms with Crippen molar-refractivity contribution in [2.75, 3.05) is 0 Å². The predicted molar refractivity (Wildman–Crippen MR) is 80.0 cm³/mol. The highest BCUT2D eigenvalue weighted by Gasteiger charge is 2.60. The molecule has 0 aromatic rings. The van der Waals surface area contributed by atoms with E-state index in [2.05, 4.69) is 31.1 Å². The minimum Gasteiger partial charge on any atom is -0.376 e. The third-order valence-corrected chi connectivity index (χ3v) is 4.79. The molecule has 5 heteroatoms. The molecule has 2 unspecified atom stereocenters. The third kappa shape index (κ3) is 2.47. The van der Waals surface area contributed by atoms with Gasteiger partial charge in [-0.3, -0.25) is 0 Å². The van der Waals surface area contributed by atoms with Crippen LogP contribution in [-0.4, -0.2) is 23.0 Å². The summed E-state index contributed by atoms with van der Waals surface area (Å²) in [5, 5.41) is 8.28. The summed E-state index contributed by atoms with van der Waals surface area (Å²) in [6, 6.07) is 0. The summed E-state index contributed by atoms with van der Waals surface area (Å²) in [6.07, 6.45) is 6.72. The Kier molecular flexibility index (Phi) is 3.54. The molecule has 0 aromatic carbocycles. The Labute approximate surface area is 125 Å². The van der Waals surface area contributed by atoms with Crippen molar-refractivity contribution in [3.63, 3.8) is 0 Å². The number of oxime groups is 2. The van der Waals surface area contributed by atoms with Crippen molar-refractivity contribution in [3.05, 3.63) is 0 Å². The molecule has 0 aromatic heterocycles. The van der Waals surface area contributed by atoms with E-state index in [0.29, 0.717) is 6.42 Å². The summed E-state index contributed by atoms with van der Waals surface area (Å²) in [4.78, 5) is 23.4. The van der Waals surface area contributed by atoms with Crippen molar-refractivity contribution in [2.45, 2.75) is 71.3 Å². The maximum Gasteiger partial charge on any atom is 0.381 e. The first-order valence-electron chi connectivity index (χ1n) is 7.97. The second-order valence-electron chi connectivity index (χ2n) is 7.40. The van der Waals surface area contributed by atoms with E-state index >= 15 is 0 Å². The first-order chi connectivity index (χ1) is 9.93. The molecule has 0 spiro atoms. The zero-order valence-electron chi connectivity index (χ0n) is 13.1. The van der Waals surface area contributed by atoms with Gasteiger partial charge in [-0.05, 0) is 38.5 Å². The van der Waals surface area contributed by atoms with Crippen LogP contribution in [0, 0.1) is 11.3 Å². The van der Waals surface area contributed by atoms with Crippen molar-refractivity contribution >= 4 is 17.4 Å². The lowest BCUT2D eigenvalue weighted by atomic mass is 9.76. The highest BCUT2D eigenvalue weighted by atomic mass is 16.7. The van der Waals surface area contributed by atoms with Gasteiger partial charge in [-0.25, -0.2) is 4.79 Å². The van der Waals surface area contributed by atoms with Crippen LogP contribution in [0.15, 0.2) is 10.3 Å². The molecule has 0 N–H and O–H groups in total. The number of hydrogen-bond acceptors (Lipinski definition) is 5. The summed E-state index contributed by atoms with van der Waals surface area (Å²) in [5.41, 5.74) is 0.953. The van der Waals surface area contributed by atoms with Crippen LogP contribution >= 0.6 is 0 Å². The quantitative estimate of drug-likeness (QED) is 0.578. The lowest BCUT2D eigenvalue weighted by Crippen LogP contribution is -2.45. The lowest BCUT2D eigenvalue weighted by molar-refractivity contribution is -0.172. The van der Waals surface area contributed by atoms with Gasteiger partial charge in [0, 0.05) is 11.8 Å². The standard InChI is InChI=1S/C16H24N2O3/c1-15(2,3)13-12-9-6-10-16(12,21-18-13)14(19)20-17-11-7-4-5-8-11/h12H,4-10H2,1-3H3. The van der Waals surface area contributed by atoms with Crippen LogP contribution in [0.25, 0.3) is 0 Å². The highest BCUT2D eigenvalue weighted by molar-refractivity contribution is 5.99. The molecular weight excluding hydrogens is 268 g/mol. The molecule has 1 heterocycles. The average molecular weight is 292 g/mol. The largest absolute Gasteiger partial charge is 0.381 e. The van der Waals surface area contributed by atoms with Crippen molar-refractivity contribution in [1.29, 1.82) is 0 Å². The molecule has 0 radical (unpaired) electrons. The third-order valence-electron chi connectivity index (χ3n) is 4.79. The Hall–Kier alpha value is -1.39. The van der Waals surface area contributed by atoms with Gasteiger partial charge >= 0.3 is 5.97 Å². The van der Waals surface area contributed by atoms with E-state index in [1.54, 1.807) is 0 Å². The first kappa shape index (κ1) is 14.5. The van der Waals surface area contributed by atoms with Crippen LogP contribution in [0.3, 0.4) is 0 Å². The number of hydrogen-bond donors (Lipinski definition) is 0. The monoisotopic (exact) mass is 292 g/mol. The van der Waals surface area contributed by atoms with Crippen LogP contribution in [0.2, 0.25) is 0 Å². The van der Waals surface area contributed by atoms with E-state index in [-0.39, 0.29) is 17.3 Å². The molecule has 21 heavy (non-hydrogen) atoms. The summed E-state index contributed by atoms with van der Waals surface area (Å²) in [7, 11) is 0. The average Bonchev–Trinajstić information content (AvgIpc) is 3.10. The molecule has 3 aliphatic rings. The van der Waals surface area contributed by atoms with Gasteiger partial charge < -0.3 is 9.68 Å². The summed E-state index contributed by atoms with van der Waals surface area (Å²) < 4.78 is 0. The van der Waals surface area contributed by atoms with Gasteiger partial charge in [-0.15, -0.1) is 0 Å². The fourth-order valence-corrected chi connectivity index (χ4v) is 3.64. The van der Waals surface area contributed by atoms with E-state index in [1.165, 1.54) is 0 Å². The number of fused-ring (bicyclic) bond motifs is 1. The van der Waals surface area contributed by atoms with Gasteiger partial charge in [0.05, 0.1) is 17.3 Å². The Bertz CT molecular complexity index is 496. The van der Waals surface area contributed by atoms with Crippen molar-refractivity contribution in [2.24, 2.45) is 21.6 Å². The van der Waals surface area contributed by atoms with E-state index in [0.717, 1.165) is 49.9 Å². The number of carbonyl (C=O) groups excluding carboxylic acids is 1. The molecule has 116 valence electrons. The summed E-state index contributed by atoms with van der Waals surface area (Å²) >= 11 is 0. The first-order valence-corrected chi connectivity index (χ1v) is 7.97. The maximum absolute atomic E-state index is 12.6. The number of nitrogens with zero attached hydrogens (tertiary/aromatic N) is 2. The van der Waals surface area contributed by atoms with Gasteiger partial charge in [0.2, 0.25) is 5.60 Å². The van der Waals surface area contributed by atoms with Gasteiger partial charge in [0.25, 0.3) is 0 Å². The van der Waals surface area contributed by atoms with Gasteiger partial charge in [0.15, 0.2) is 0 Å². The molecule has 2 atom stereocenters. The van der Waals surface area contributed by atoms with Crippen molar-refractivity contribution in [3.8, 4) is 0 Å². The normalized spacial score (nSPS) is 31.7. The summed E-state index contributed by atoms with van der Waals surface area (Å²) in [5.74, 6) is -0.332. The number of carbonyl (C=O) groups is 1. The van der Waals surface area contributed by atoms with Crippen LogP contribution in [0.1, 0.15) is 65.7 Å². The molecule has 5 nitrogen and oxygen atoms in total. The molecule has 3 rings (SSSR count). The molecule has 0 bridgehead atoms. The second-order valence-corrected chi connectivity index (χ2v) is 7.40. The minimum absolute atomic E-state index is 0.0359. The smallest absolute Gasteiger partial charge is 0.376 e. The molecule has 0 saturated heterocycles. The van der Waals surface area contributed by atoms with E-state index in [4.69, 9.17) is 9.68 Å².